The summed E-state index contributed by atoms with van der Waals surface area (Å²) < 4.78 is 9.86. The van der Waals surface area contributed by atoms with Gasteiger partial charge in [0.1, 0.15) is 18.7 Å². The van der Waals surface area contributed by atoms with Crippen molar-refractivity contribution in [1.82, 2.24) is 10.6 Å². The van der Waals surface area contributed by atoms with Crippen LogP contribution in [-0.4, -0.2) is 48.4 Å². The lowest BCUT2D eigenvalue weighted by molar-refractivity contribution is -0.145. The molecular weight excluding hydrogens is 388 g/mol. The number of rotatable bonds is 9. The molecule has 0 heterocycles. The highest BCUT2D eigenvalue weighted by molar-refractivity contribution is 5.90. The highest BCUT2D eigenvalue weighted by Crippen LogP contribution is 2.06. The molecule has 0 fully saturated rings. The van der Waals surface area contributed by atoms with E-state index in [1.807, 2.05) is 48.5 Å². The van der Waals surface area contributed by atoms with Crippen molar-refractivity contribution in [2.45, 2.75) is 38.1 Å². The van der Waals surface area contributed by atoms with E-state index in [-0.39, 0.29) is 13.0 Å². The Labute approximate surface area is 175 Å². The molecule has 0 bridgehead atoms. The third kappa shape index (κ3) is 7.21. The molecule has 0 aliphatic heterocycles. The van der Waals surface area contributed by atoms with Crippen molar-refractivity contribution in [2.75, 3.05) is 7.11 Å². The second kappa shape index (κ2) is 11.6. The van der Waals surface area contributed by atoms with E-state index in [1.54, 1.807) is 12.1 Å². The maximum atomic E-state index is 12.7. The monoisotopic (exact) mass is 414 g/mol. The Hall–Kier alpha value is -3.39. The molecule has 0 aliphatic rings. The summed E-state index contributed by atoms with van der Waals surface area (Å²) in [6.45, 7) is 1.37. The highest BCUT2D eigenvalue weighted by Gasteiger charge is 2.30. The number of nitrogens with one attached hydrogen (secondary N) is 2. The van der Waals surface area contributed by atoms with Crippen LogP contribution in [0.3, 0.4) is 0 Å². The molecule has 2 aromatic rings. The largest absolute Gasteiger partial charge is 0.467 e. The average Bonchev–Trinajstić information content (AvgIpc) is 2.76. The molecule has 2 rings (SSSR count). The molecule has 0 spiro atoms. The van der Waals surface area contributed by atoms with Gasteiger partial charge in [-0.3, -0.25) is 4.79 Å². The summed E-state index contributed by atoms with van der Waals surface area (Å²) in [4.78, 5) is 36.9. The van der Waals surface area contributed by atoms with E-state index in [4.69, 9.17) is 9.47 Å². The molecule has 30 heavy (non-hydrogen) atoms. The quantitative estimate of drug-likeness (QED) is 0.537. The molecule has 160 valence electrons. The Morgan fingerprint density at radius 3 is 2.03 bits per heavy atom. The van der Waals surface area contributed by atoms with Gasteiger partial charge in [0.25, 0.3) is 0 Å². The van der Waals surface area contributed by atoms with Crippen LogP contribution in [0.15, 0.2) is 60.7 Å². The molecule has 2 aromatic carbocycles. The van der Waals surface area contributed by atoms with Crippen LogP contribution in [0, 0.1) is 0 Å². The SMILES string of the molecule is COC(=O)[C@H](Cc1ccccc1)NC(=O)C(NC(=O)OCc1ccccc1)C(C)O. The molecule has 8 nitrogen and oxygen atoms in total. The first-order chi connectivity index (χ1) is 14.4. The fraction of sp³-hybridized carbons (Fsp3) is 0.318. The Kier molecular flexibility index (Phi) is 8.83. The number of ether oxygens (including phenoxy) is 2. The van der Waals surface area contributed by atoms with Crippen molar-refractivity contribution < 1.29 is 29.0 Å². The lowest BCUT2D eigenvalue weighted by atomic mass is 10.0. The second-order valence-corrected chi connectivity index (χ2v) is 6.70. The summed E-state index contributed by atoms with van der Waals surface area (Å²) in [7, 11) is 1.22. The van der Waals surface area contributed by atoms with E-state index >= 15 is 0 Å². The Morgan fingerprint density at radius 2 is 1.50 bits per heavy atom. The fourth-order valence-corrected chi connectivity index (χ4v) is 2.74. The first kappa shape index (κ1) is 22.9. The number of aliphatic hydroxyl groups excluding tert-OH is 1. The number of benzene rings is 2. The van der Waals surface area contributed by atoms with Crippen molar-refractivity contribution in [3.05, 3.63) is 71.8 Å². The minimum absolute atomic E-state index is 0.0135. The molecule has 0 radical (unpaired) electrons. The first-order valence-corrected chi connectivity index (χ1v) is 9.48. The van der Waals surface area contributed by atoms with Gasteiger partial charge in [0.15, 0.2) is 0 Å². The van der Waals surface area contributed by atoms with Gasteiger partial charge in [0.2, 0.25) is 5.91 Å². The zero-order valence-corrected chi connectivity index (χ0v) is 16.9. The number of carbonyl (C=O) groups excluding carboxylic acids is 3. The van der Waals surface area contributed by atoms with Gasteiger partial charge in [0, 0.05) is 6.42 Å². The van der Waals surface area contributed by atoms with Gasteiger partial charge in [0.05, 0.1) is 13.2 Å². The van der Waals surface area contributed by atoms with Crippen LogP contribution < -0.4 is 10.6 Å². The van der Waals surface area contributed by atoms with Gasteiger partial charge in [-0.2, -0.15) is 0 Å². The topological polar surface area (TPSA) is 114 Å². The Balaban J connectivity index is 1.99. The zero-order chi connectivity index (χ0) is 21.9. The number of amides is 2. The molecule has 0 aromatic heterocycles. The lowest BCUT2D eigenvalue weighted by Crippen LogP contribution is -2.56. The highest BCUT2D eigenvalue weighted by atomic mass is 16.5. The maximum Gasteiger partial charge on any atom is 0.408 e. The lowest BCUT2D eigenvalue weighted by Gasteiger charge is -2.23. The predicted octanol–water partition coefficient (Wildman–Crippen LogP) is 1.56. The molecular formula is C22H26N2O6. The van der Waals surface area contributed by atoms with Crippen LogP contribution in [0.25, 0.3) is 0 Å². The molecule has 8 heteroatoms. The van der Waals surface area contributed by atoms with Crippen molar-refractivity contribution in [3.63, 3.8) is 0 Å². The minimum atomic E-state index is -1.31. The van der Waals surface area contributed by atoms with Gasteiger partial charge < -0.3 is 25.2 Å². The number of aliphatic hydroxyl groups is 1. The van der Waals surface area contributed by atoms with E-state index in [0.29, 0.717) is 0 Å². The Morgan fingerprint density at radius 1 is 0.933 bits per heavy atom. The van der Waals surface area contributed by atoms with Crippen molar-refractivity contribution in [3.8, 4) is 0 Å². The Bertz CT molecular complexity index is 826. The van der Waals surface area contributed by atoms with E-state index in [1.165, 1.54) is 14.0 Å². The fourth-order valence-electron chi connectivity index (χ4n) is 2.74. The molecule has 2 amide bonds. The van der Waals surface area contributed by atoms with Crippen LogP contribution in [-0.2, 0) is 32.1 Å². The van der Waals surface area contributed by atoms with Gasteiger partial charge in [-0.25, -0.2) is 9.59 Å². The first-order valence-electron chi connectivity index (χ1n) is 9.48. The van der Waals surface area contributed by atoms with Gasteiger partial charge in [-0.1, -0.05) is 60.7 Å². The summed E-state index contributed by atoms with van der Waals surface area (Å²) in [5, 5.41) is 14.8. The van der Waals surface area contributed by atoms with Crippen LogP contribution in [0.5, 0.6) is 0 Å². The summed E-state index contributed by atoms with van der Waals surface area (Å²) in [6.07, 6.45) is -1.88. The third-order valence-electron chi connectivity index (χ3n) is 4.34. The van der Waals surface area contributed by atoms with Crippen LogP contribution in [0.1, 0.15) is 18.1 Å². The van der Waals surface area contributed by atoms with E-state index in [2.05, 4.69) is 10.6 Å². The molecule has 3 atom stereocenters. The summed E-state index contributed by atoms with van der Waals surface area (Å²) in [6, 6.07) is 15.8. The van der Waals surface area contributed by atoms with Crippen molar-refractivity contribution >= 4 is 18.0 Å². The standard InChI is InChI=1S/C22H26N2O6/c1-15(25)19(24-22(28)30-14-17-11-7-4-8-12-17)20(26)23-18(21(27)29-2)13-16-9-5-3-6-10-16/h3-12,15,18-19,25H,13-14H2,1-2H3,(H,23,26)(H,24,28)/t15?,18-,19?/m0/s1. The normalized spacial score (nSPS) is 13.4. The number of carbonyl (C=O) groups is 3. The third-order valence-corrected chi connectivity index (χ3v) is 4.34. The summed E-state index contributed by atoms with van der Waals surface area (Å²) in [5.74, 6) is -1.36. The number of alkyl carbamates (subject to hydrolysis) is 1. The summed E-state index contributed by atoms with van der Waals surface area (Å²) >= 11 is 0. The van der Waals surface area contributed by atoms with Crippen LogP contribution in [0.4, 0.5) is 4.79 Å². The van der Waals surface area contributed by atoms with Crippen molar-refractivity contribution in [2.24, 2.45) is 0 Å². The zero-order valence-electron chi connectivity index (χ0n) is 16.9. The average molecular weight is 414 g/mol. The van der Waals surface area contributed by atoms with Gasteiger partial charge in [-0.15, -0.1) is 0 Å². The second-order valence-electron chi connectivity index (χ2n) is 6.70. The van der Waals surface area contributed by atoms with Crippen LogP contribution in [0.2, 0.25) is 0 Å². The smallest absolute Gasteiger partial charge is 0.408 e. The molecule has 2 unspecified atom stereocenters. The number of methoxy groups -OCH3 is 1. The number of hydrogen-bond acceptors (Lipinski definition) is 6. The van der Waals surface area contributed by atoms with Gasteiger partial charge >= 0.3 is 12.1 Å². The predicted molar refractivity (Wildman–Crippen MR) is 109 cm³/mol. The maximum absolute atomic E-state index is 12.7. The molecule has 0 saturated carbocycles. The van der Waals surface area contributed by atoms with Gasteiger partial charge in [-0.05, 0) is 18.1 Å². The molecule has 3 N–H and O–H groups in total. The van der Waals surface area contributed by atoms with E-state index in [0.717, 1.165) is 11.1 Å². The van der Waals surface area contributed by atoms with Crippen LogP contribution >= 0.6 is 0 Å². The van der Waals surface area contributed by atoms with E-state index in [9.17, 15) is 19.5 Å². The number of esters is 1. The van der Waals surface area contributed by atoms with E-state index < -0.39 is 36.2 Å². The molecule has 0 aliphatic carbocycles. The summed E-state index contributed by atoms with van der Waals surface area (Å²) in [5.41, 5.74) is 1.59. The molecule has 0 saturated heterocycles. The van der Waals surface area contributed by atoms with Crippen molar-refractivity contribution in [1.29, 1.82) is 0 Å². The number of hydrogen-bond donors (Lipinski definition) is 3. The minimum Gasteiger partial charge on any atom is -0.467 e.